The van der Waals surface area contributed by atoms with Crippen LogP contribution >= 0.6 is 0 Å². The summed E-state index contributed by atoms with van der Waals surface area (Å²) in [5, 5.41) is 0. The molecule has 1 unspecified atom stereocenters. The van der Waals surface area contributed by atoms with E-state index in [0.29, 0.717) is 6.42 Å². The Kier molecular flexibility index (Phi) is 3.82. The van der Waals surface area contributed by atoms with Gasteiger partial charge in [-0.3, -0.25) is 4.98 Å². The number of hydrogen-bond donors (Lipinski definition) is 1. The molecule has 84 valence electrons. The van der Waals surface area contributed by atoms with Crippen LogP contribution in [0.4, 0.5) is 0 Å². The van der Waals surface area contributed by atoms with Crippen molar-refractivity contribution in [3.8, 4) is 0 Å². The van der Waals surface area contributed by atoms with Crippen molar-refractivity contribution < 1.29 is 8.42 Å². The first-order chi connectivity index (χ1) is 6.88. The van der Waals surface area contributed by atoms with Crippen molar-refractivity contribution in [1.29, 1.82) is 0 Å². The number of hydrogen-bond acceptors (Lipinski definition) is 4. The van der Waals surface area contributed by atoms with E-state index in [1.165, 1.54) is 6.26 Å². The van der Waals surface area contributed by atoms with Gasteiger partial charge in [0, 0.05) is 24.7 Å². The molecule has 5 heteroatoms. The lowest BCUT2D eigenvalue weighted by Gasteiger charge is -2.11. The standard InChI is InChI=1S/C10H16N2O2S/c1-8-5-9(7-12-6-8)10(11)3-4-15(2,13)14/h5-7,10H,3-4,11H2,1-2H3. The average Bonchev–Trinajstić information content (AvgIpc) is 2.13. The summed E-state index contributed by atoms with van der Waals surface area (Å²) in [5.74, 6) is 0.113. The maximum Gasteiger partial charge on any atom is 0.147 e. The molecular formula is C10H16N2O2S. The predicted molar refractivity (Wildman–Crippen MR) is 60.2 cm³/mol. The van der Waals surface area contributed by atoms with Gasteiger partial charge in [-0.1, -0.05) is 6.07 Å². The molecule has 0 spiro atoms. The summed E-state index contributed by atoms with van der Waals surface area (Å²) in [6.45, 7) is 1.93. The molecule has 1 heterocycles. The van der Waals surface area contributed by atoms with Gasteiger partial charge in [-0.05, 0) is 24.5 Å². The Balaban J connectivity index is 2.65. The SMILES string of the molecule is Cc1cncc(C(N)CCS(C)(=O)=O)c1. The molecule has 1 rings (SSSR count). The second-order valence-electron chi connectivity index (χ2n) is 3.82. The van der Waals surface area contributed by atoms with E-state index in [9.17, 15) is 8.42 Å². The van der Waals surface area contributed by atoms with Gasteiger partial charge in [0.05, 0.1) is 5.75 Å². The number of rotatable bonds is 4. The van der Waals surface area contributed by atoms with Crippen molar-refractivity contribution >= 4 is 9.84 Å². The van der Waals surface area contributed by atoms with Gasteiger partial charge in [0.1, 0.15) is 9.84 Å². The molecule has 1 atom stereocenters. The molecule has 0 aliphatic heterocycles. The van der Waals surface area contributed by atoms with E-state index in [4.69, 9.17) is 5.73 Å². The fourth-order valence-corrected chi connectivity index (χ4v) is 1.97. The molecular weight excluding hydrogens is 212 g/mol. The normalized spacial score (nSPS) is 13.8. The lowest BCUT2D eigenvalue weighted by Crippen LogP contribution is -2.15. The van der Waals surface area contributed by atoms with Gasteiger partial charge in [-0.15, -0.1) is 0 Å². The first-order valence-corrected chi connectivity index (χ1v) is 6.79. The van der Waals surface area contributed by atoms with Crippen molar-refractivity contribution in [2.24, 2.45) is 5.73 Å². The molecule has 0 radical (unpaired) electrons. The molecule has 15 heavy (non-hydrogen) atoms. The zero-order chi connectivity index (χ0) is 11.5. The molecule has 0 aromatic carbocycles. The van der Waals surface area contributed by atoms with Gasteiger partial charge in [0.15, 0.2) is 0 Å². The fraction of sp³-hybridized carbons (Fsp3) is 0.500. The quantitative estimate of drug-likeness (QED) is 0.828. The third kappa shape index (κ3) is 4.40. The van der Waals surface area contributed by atoms with E-state index in [1.54, 1.807) is 12.4 Å². The number of pyridine rings is 1. The van der Waals surface area contributed by atoms with E-state index in [1.807, 2.05) is 13.0 Å². The van der Waals surface area contributed by atoms with Crippen molar-refractivity contribution in [1.82, 2.24) is 4.98 Å². The van der Waals surface area contributed by atoms with Gasteiger partial charge in [-0.2, -0.15) is 0 Å². The largest absolute Gasteiger partial charge is 0.324 e. The molecule has 0 amide bonds. The minimum absolute atomic E-state index is 0.113. The summed E-state index contributed by atoms with van der Waals surface area (Å²) >= 11 is 0. The summed E-state index contributed by atoms with van der Waals surface area (Å²) in [6.07, 6.45) is 5.07. The monoisotopic (exact) mass is 228 g/mol. The molecule has 0 fully saturated rings. The summed E-state index contributed by atoms with van der Waals surface area (Å²) in [5.41, 5.74) is 7.78. The van der Waals surface area contributed by atoms with E-state index in [-0.39, 0.29) is 11.8 Å². The molecule has 4 nitrogen and oxygen atoms in total. The van der Waals surface area contributed by atoms with Crippen LogP contribution in [-0.4, -0.2) is 25.4 Å². The second kappa shape index (κ2) is 4.72. The first kappa shape index (κ1) is 12.1. The van der Waals surface area contributed by atoms with Crippen LogP contribution in [0, 0.1) is 6.92 Å². The molecule has 1 aromatic rings. The highest BCUT2D eigenvalue weighted by molar-refractivity contribution is 7.90. The Labute approximate surface area is 90.4 Å². The molecule has 0 aliphatic carbocycles. The van der Waals surface area contributed by atoms with Crippen LogP contribution in [0.2, 0.25) is 0 Å². The molecule has 0 saturated carbocycles. The van der Waals surface area contributed by atoms with Crippen molar-refractivity contribution in [3.63, 3.8) is 0 Å². The van der Waals surface area contributed by atoms with Gasteiger partial charge in [-0.25, -0.2) is 8.42 Å². The summed E-state index contributed by atoms with van der Waals surface area (Å²) in [7, 11) is -2.94. The van der Waals surface area contributed by atoms with Crippen molar-refractivity contribution in [2.45, 2.75) is 19.4 Å². The van der Waals surface area contributed by atoms with Crippen molar-refractivity contribution in [2.75, 3.05) is 12.0 Å². The second-order valence-corrected chi connectivity index (χ2v) is 6.08. The minimum Gasteiger partial charge on any atom is -0.324 e. The van der Waals surface area contributed by atoms with E-state index < -0.39 is 9.84 Å². The van der Waals surface area contributed by atoms with Crippen LogP contribution in [0.25, 0.3) is 0 Å². The number of aryl methyl sites for hydroxylation is 1. The van der Waals surface area contributed by atoms with E-state index in [2.05, 4.69) is 4.98 Å². The number of aromatic nitrogens is 1. The van der Waals surface area contributed by atoms with Crippen molar-refractivity contribution in [3.05, 3.63) is 29.6 Å². The lowest BCUT2D eigenvalue weighted by atomic mass is 10.1. The van der Waals surface area contributed by atoms with Crippen LogP contribution in [0.3, 0.4) is 0 Å². The smallest absolute Gasteiger partial charge is 0.147 e. The Hall–Kier alpha value is -0.940. The zero-order valence-corrected chi connectivity index (χ0v) is 9.79. The highest BCUT2D eigenvalue weighted by Crippen LogP contribution is 2.14. The molecule has 2 N–H and O–H groups in total. The number of sulfone groups is 1. The molecule has 0 saturated heterocycles. The maximum absolute atomic E-state index is 11.0. The van der Waals surface area contributed by atoms with Gasteiger partial charge in [0.2, 0.25) is 0 Å². The topological polar surface area (TPSA) is 73.0 Å². The highest BCUT2D eigenvalue weighted by atomic mass is 32.2. The van der Waals surface area contributed by atoms with E-state index in [0.717, 1.165) is 11.1 Å². The van der Waals surface area contributed by atoms with Gasteiger partial charge >= 0.3 is 0 Å². The van der Waals surface area contributed by atoms with Gasteiger partial charge in [0.25, 0.3) is 0 Å². The zero-order valence-electron chi connectivity index (χ0n) is 8.97. The Morgan fingerprint density at radius 1 is 1.47 bits per heavy atom. The number of nitrogens with zero attached hydrogens (tertiary/aromatic N) is 1. The number of nitrogens with two attached hydrogens (primary N) is 1. The Morgan fingerprint density at radius 2 is 2.13 bits per heavy atom. The van der Waals surface area contributed by atoms with Gasteiger partial charge < -0.3 is 5.73 Å². The predicted octanol–water partition coefficient (Wildman–Crippen LogP) is 0.825. The molecule has 0 bridgehead atoms. The Morgan fingerprint density at radius 3 is 2.67 bits per heavy atom. The molecule has 0 aliphatic rings. The minimum atomic E-state index is -2.94. The highest BCUT2D eigenvalue weighted by Gasteiger charge is 2.10. The Bertz CT molecular complexity index is 429. The summed E-state index contributed by atoms with van der Waals surface area (Å²) < 4.78 is 21.9. The third-order valence-corrected chi connectivity index (χ3v) is 3.10. The van der Waals surface area contributed by atoms with E-state index >= 15 is 0 Å². The fourth-order valence-electron chi connectivity index (χ4n) is 1.29. The molecule has 1 aromatic heterocycles. The van der Waals surface area contributed by atoms with Crippen LogP contribution in [-0.2, 0) is 9.84 Å². The lowest BCUT2D eigenvalue weighted by molar-refractivity contribution is 0.591. The van der Waals surface area contributed by atoms with Crippen LogP contribution < -0.4 is 5.73 Å². The first-order valence-electron chi connectivity index (χ1n) is 4.73. The van der Waals surface area contributed by atoms with Crippen LogP contribution in [0.1, 0.15) is 23.6 Å². The maximum atomic E-state index is 11.0. The summed E-state index contributed by atoms with van der Waals surface area (Å²) in [6, 6.07) is 1.67. The summed E-state index contributed by atoms with van der Waals surface area (Å²) in [4.78, 5) is 4.02. The van der Waals surface area contributed by atoms with Crippen LogP contribution in [0.5, 0.6) is 0 Å². The average molecular weight is 228 g/mol. The van der Waals surface area contributed by atoms with Crippen LogP contribution in [0.15, 0.2) is 18.5 Å². The third-order valence-electron chi connectivity index (χ3n) is 2.12.